The standard InChI is InChI=1S/C25H40/c1-4-6-7-8-9-10-11-22-12-16-24(17-13-22)25-18-14-23(15-19-25)20-21(3)5-2/h14-16,18-19,21-22H,4-13,17,20H2,1-3H3. The minimum absolute atomic E-state index is 0.794. The summed E-state index contributed by atoms with van der Waals surface area (Å²) in [7, 11) is 0. The van der Waals surface area contributed by atoms with Gasteiger partial charge in [-0.25, -0.2) is 0 Å². The lowest BCUT2D eigenvalue weighted by Crippen LogP contribution is -2.05. The highest BCUT2D eigenvalue weighted by Gasteiger charge is 2.15. The maximum absolute atomic E-state index is 2.54. The number of unbranched alkanes of at least 4 members (excludes halogenated alkanes) is 5. The van der Waals surface area contributed by atoms with E-state index in [0.717, 1.165) is 11.8 Å². The van der Waals surface area contributed by atoms with Gasteiger partial charge in [-0.15, -0.1) is 0 Å². The average molecular weight is 341 g/mol. The lowest BCUT2D eigenvalue weighted by Gasteiger charge is -2.22. The molecule has 1 aromatic carbocycles. The molecule has 0 fully saturated rings. The van der Waals surface area contributed by atoms with Crippen LogP contribution in [-0.4, -0.2) is 0 Å². The van der Waals surface area contributed by atoms with Crippen LogP contribution in [0.1, 0.15) is 103 Å². The predicted octanol–water partition coefficient (Wildman–Crippen LogP) is 8.21. The maximum atomic E-state index is 2.54. The second kappa shape index (κ2) is 11.6. The average Bonchev–Trinajstić information content (AvgIpc) is 2.65. The van der Waals surface area contributed by atoms with Crippen LogP contribution in [0.5, 0.6) is 0 Å². The fourth-order valence-corrected chi connectivity index (χ4v) is 4.03. The lowest BCUT2D eigenvalue weighted by atomic mass is 9.83. The molecule has 140 valence electrons. The molecule has 0 heterocycles. The molecule has 1 aliphatic carbocycles. The van der Waals surface area contributed by atoms with Gasteiger partial charge < -0.3 is 0 Å². The van der Waals surface area contributed by atoms with E-state index in [1.54, 1.807) is 5.57 Å². The van der Waals surface area contributed by atoms with Crippen molar-refractivity contribution in [3.63, 3.8) is 0 Å². The quantitative estimate of drug-likeness (QED) is 0.356. The highest BCUT2D eigenvalue weighted by molar-refractivity contribution is 5.66. The molecule has 0 aromatic heterocycles. The van der Waals surface area contributed by atoms with Gasteiger partial charge in [0.25, 0.3) is 0 Å². The molecular formula is C25H40. The van der Waals surface area contributed by atoms with Crippen LogP contribution in [0.3, 0.4) is 0 Å². The molecule has 2 rings (SSSR count). The van der Waals surface area contributed by atoms with E-state index in [4.69, 9.17) is 0 Å². The third-order valence-corrected chi connectivity index (χ3v) is 6.09. The van der Waals surface area contributed by atoms with Crippen LogP contribution in [-0.2, 0) is 6.42 Å². The van der Waals surface area contributed by atoms with Crippen molar-refractivity contribution in [2.45, 2.75) is 97.8 Å². The summed E-state index contributed by atoms with van der Waals surface area (Å²) in [4.78, 5) is 0. The van der Waals surface area contributed by atoms with Crippen LogP contribution in [0, 0.1) is 11.8 Å². The van der Waals surface area contributed by atoms with E-state index >= 15 is 0 Å². The molecule has 2 atom stereocenters. The normalized spacial score (nSPS) is 18.8. The monoisotopic (exact) mass is 340 g/mol. The van der Waals surface area contributed by atoms with E-state index in [0.29, 0.717) is 0 Å². The van der Waals surface area contributed by atoms with Gasteiger partial charge in [0.1, 0.15) is 0 Å². The fourth-order valence-electron chi connectivity index (χ4n) is 4.03. The second-order valence-corrected chi connectivity index (χ2v) is 8.34. The zero-order valence-corrected chi connectivity index (χ0v) is 17.0. The minimum atomic E-state index is 0.794. The number of benzene rings is 1. The van der Waals surface area contributed by atoms with Crippen LogP contribution < -0.4 is 0 Å². The van der Waals surface area contributed by atoms with Gasteiger partial charge in [-0.3, -0.25) is 0 Å². The highest BCUT2D eigenvalue weighted by Crippen LogP contribution is 2.33. The molecule has 2 unspecified atom stereocenters. The number of hydrogen-bond donors (Lipinski definition) is 0. The predicted molar refractivity (Wildman–Crippen MR) is 113 cm³/mol. The summed E-state index contributed by atoms with van der Waals surface area (Å²) in [5, 5.41) is 0. The van der Waals surface area contributed by atoms with Crippen molar-refractivity contribution in [1.29, 1.82) is 0 Å². The molecular weight excluding hydrogens is 300 g/mol. The molecule has 0 spiro atoms. The zero-order chi connectivity index (χ0) is 17.9. The fraction of sp³-hybridized carbons (Fsp3) is 0.680. The molecule has 0 heteroatoms. The molecule has 0 saturated carbocycles. The summed E-state index contributed by atoms with van der Waals surface area (Å²) >= 11 is 0. The van der Waals surface area contributed by atoms with Crippen LogP contribution in [0.15, 0.2) is 30.3 Å². The topological polar surface area (TPSA) is 0 Å². The van der Waals surface area contributed by atoms with Crippen molar-refractivity contribution < 1.29 is 0 Å². The molecule has 0 N–H and O–H groups in total. The largest absolute Gasteiger partial charge is 0.0804 e. The maximum Gasteiger partial charge on any atom is -0.0228 e. The third kappa shape index (κ3) is 7.38. The van der Waals surface area contributed by atoms with E-state index in [9.17, 15) is 0 Å². The summed E-state index contributed by atoms with van der Waals surface area (Å²) in [6, 6.07) is 9.42. The van der Waals surface area contributed by atoms with Gasteiger partial charge in [0.05, 0.1) is 0 Å². The molecule has 0 saturated heterocycles. The van der Waals surface area contributed by atoms with Crippen LogP contribution >= 0.6 is 0 Å². The van der Waals surface area contributed by atoms with Crippen molar-refractivity contribution in [3.8, 4) is 0 Å². The van der Waals surface area contributed by atoms with Gasteiger partial charge in [0, 0.05) is 0 Å². The summed E-state index contributed by atoms with van der Waals surface area (Å²) in [5.41, 5.74) is 4.55. The first-order valence-electron chi connectivity index (χ1n) is 11.0. The van der Waals surface area contributed by atoms with Gasteiger partial charge in [-0.1, -0.05) is 102 Å². The summed E-state index contributed by atoms with van der Waals surface area (Å²) < 4.78 is 0. The van der Waals surface area contributed by atoms with Crippen molar-refractivity contribution >= 4 is 5.57 Å². The number of hydrogen-bond acceptors (Lipinski definition) is 0. The summed E-state index contributed by atoms with van der Waals surface area (Å²) in [5.74, 6) is 1.74. The van der Waals surface area contributed by atoms with Crippen molar-refractivity contribution in [3.05, 3.63) is 41.5 Å². The molecule has 0 amide bonds. The first-order chi connectivity index (χ1) is 12.2. The highest BCUT2D eigenvalue weighted by atomic mass is 14.2. The zero-order valence-electron chi connectivity index (χ0n) is 17.0. The Balaban J connectivity index is 1.73. The Hall–Kier alpha value is -1.04. The third-order valence-electron chi connectivity index (χ3n) is 6.09. The smallest absolute Gasteiger partial charge is 0.0228 e. The van der Waals surface area contributed by atoms with Crippen molar-refractivity contribution in [2.24, 2.45) is 11.8 Å². The minimum Gasteiger partial charge on any atom is -0.0804 e. The first kappa shape index (κ1) is 20.3. The second-order valence-electron chi connectivity index (χ2n) is 8.34. The van der Waals surface area contributed by atoms with E-state index < -0.39 is 0 Å². The Bertz CT molecular complexity index is 493. The molecule has 0 nitrogen and oxygen atoms in total. The van der Waals surface area contributed by atoms with Gasteiger partial charge in [0.15, 0.2) is 0 Å². The summed E-state index contributed by atoms with van der Waals surface area (Å²) in [6.07, 6.45) is 19.0. The van der Waals surface area contributed by atoms with E-state index in [1.807, 2.05) is 0 Å². The molecule has 1 aliphatic rings. The molecule has 1 aromatic rings. The molecule has 0 aliphatic heterocycles. The van der Waals surface area contributed by atoms with E-state index in [2.05, 4.69) is 51.1 Å². The Morgan fingerprint density at radius 3 is 2.32 bits per heavy atom. The van der Waals surface area contributed by atoms with E-state index in [-0.39, 0.29) is 0 Å². The van der Waals surface area contributed by atoms with Gasteiger partial charge in [-0.2, -0.15) is 0 Å². The van der Waals surface area contributed by atoms with Crippen LogP contribution in [0.25, 0.3) is 5.57 Å². The van der Waals surface area contributed by atoms with Crippen molar-refractivity contribution in [1.82, 2.24) is 0 Å². The molecule has 0 bridgehead atoms. The molecule has 25 heavy (non-hydrogen) atoms. The van der Waals surface area contributed by atoms with E-state index in [1.165, 1.54) is 88.2 Å². The van der Waals surface area contributed by atoms with Crippen LogP contribution in [0.2, 0.25) is 0 Å². The number of allylic oxidation sites excluding steroid dienone is 2. The van der Waals surface area contributed by atoms with Gasteiger partial charge in [0.2, 0.25) is 0 Å². The SMILES string of the molecule is CCCCCCCCC1CC=C(c2ccc(CC(C)CC)cc2)CC1. The van der Waals surface area contributed by atoms with Crippen LogP contribution in [0.4, 0.5) is 0 Å². The van der Waals surface area contributed by atoms with Crippen molar-refractivity contribution in [2.75, 3.05) is 0 Å². The van der Waals surface area contributed by atoms with Gasteiger partial charge >= 0.3 is 0 Å². The number of rotatable bonds is 11. The Kier molecular flexibility index (Phi) is 9.37. The Morgan fingerprint density at radius 1 is 0.960 bits per heavy atom. The lowest BCUT2D eigenvalue weighted by molar-refractivity contribution is 0.423. The Morgan fingerprint density at radius 2 is 1.68 bits per heavy atom. The summed E-state index contributed by atoms with van der Waals surface area (Å²) in [6.45, 7) is 6.93. The first-order valence-corrected chi connectivity index (χ1v) is 11.0. The van der Waals surface area contributed by atoms with Gasteiger partial charge in [-0.05, 0) is 54.2 Å². The Labute approximate surface area is 157 Å². The molecule has 0 radical (unpaired) electrons.